The second-order valence-electron chi connectivity index (χ2n) is 4.44. The molecule has 1 aliphatic heterocycles. The summed E-state index contributed by atoms with van der Waals surface area (Å²) in [6.07, 6.45) is -0.799. The van der Waals surface area contributed by atoms with Gasteiger partial charge in [0.25, 0.3) is 0 Å². The molecule has 1 aromatic rings. The molecule has 1 unspecified atom stereocenters. The Kier molecular flexibility index (Phi) is 3.35. The van der Waals surface area contributed by atoms with Crippen LogP contribution < -0.4 is 5.73 Å². The highest BCUT2D eigenvalue weighted by atomic mass is 32.1. The summed E-state index contributed by atoms with van der Waals surface area (Å²) in [4.78, 5) is 3.61. The Balaban J connectivity index is 2.43. The van der Waals surface area contributed by atoms with Gasteiger partial charge in [-0.1, -0.05) is 0 Å². The molecule has 0 spiro atoms. The van der Waals surface area contributed by atoms with E-state index in [4.69, 9.17) is 27.8 Å². The number of ether oxygens (including phenoxy) is 1. The molecule has 1 fully saturated rings. The molecule has 0 bridgehead atoms. The van der Waals surface area contributed by atoms with Gasteiger partial charge in [0.2, 0.25) is 4.77 Å². The summed E-state index contributed by atoms with van der Waals surface area (Å²) in [6.45, 7) is 0.998. The number of nitrogens with zero attached hydrogens (tertiary/aromatic N) is 2. The summed E-state index contributed by atoms with van der Waals surface area (Å²) in [5.41, 5.74) is 3.50. The minimum absolute atomic E-state index is 0.00192. The van der Waals surface area contributed by atoms with Crippen LogP contribution in [0.15, 0.2) is 6.20 Å². The van der Waals surface area contributed by atoms with Crippen molar-refractivity contribution >= 4 is 18.0 Å². The quantitative estimate of drug-likeness (QED) is 0.798. The molecule has 1 saturated heterocycles. The van der Waals surface area contributed by atoms with Crippen LogP contribution in [0.25, 0.3) is 0 Å². The number of hydrogen-bond acceptors (Lipinski definition) is 5. The van der Waals surface area contributed by atoms with E-state index in [2.05, 4.69) is 4.98 Å². The molecule has 0 radical (unpaired) electrons. The first-order chi connectivity index (χ1) is 8.35. The zero-order chi connectivity index (χ0) is 13.5. The number of aliphatic hydroxyl groups is 1. The summed E-state index contributed by atoms with van der Waals surface area (Å²) >= 11 is 4.91. The fourth-order valence-electron chi connectivity index (χ4n) is 2.01. The topological polar surface area (TPSA) is 73.3 Å². The van der Waals surface area contributed by atoms with Gasteiger partial charge in [0.05, 0.1) is 12.7 Å². The number of nitrogens with two attached hydrogens (primary N) is 1. The van der Waals surface area contributed by atoms with Gasteiger partial charge in [-0.15, -0.1) is 0 Å². The van der Waals surface area contributed by atoms with Gasteiger partial charge in [-0.25, -0.2) is 8.78 Å². The summed E-state index contributed by atoms with van der Waals surface area (Å²) in [5.74, 6) is -1.14. The lowest BCUT2D eigenvalue weighted by molar-refractivity contribution is -0.0603. The van der Waals surface area contributed by atoms with E-state index in [1.165, 1.54) is 6.92 Å². The molecule has 0 aliphatic carbocycles. The molecule has 1 aromatic heterocycles. The highest BCUT2D eigenvalue weighted by Gasteiger charge is 2.46. The Labute approximate surface area is 107 Å². The van der Waals surface area contributed by atoms with Gasteiger partial charge in [0.15, 0.2) is 23.5 Å². The SMILES string of the molecule is CC1(F)C[C@@H](CO)O[C@H]1n1cc(F)c(N)nc1=S. The van der Waals surface area contributed by atoms with E-state index in [9.17, 15) is 8.78 Å². The van der Waals surface area contributed by atoms with Crippen molar-refractivity contribution in [3.05, 3.63) is 16.8 Å². The monoisotopic (exact) mass is 277 g/mol. The van der Waals surface area contributed by atoms with Crippen molar-refractivity contribution in [3.63, 3.8) is 0 Å². The molecule has 2 rings (SSSR count). The highest BCUT2D eigenvalue weighted by Crippen LogP contribution is 2.40. The van der Waals surface area contributed by atoms with Crippen molar-refractivity contribution in [1.29, 1.82) is 0 Å². The number of aromatic nitrogens is 2. The van der Waals surface area contributed by atoms with Crippen molar-refractivity contribution in [3.8, 4) is 0 Å². The molecule has 8 heteroatoms. The number of nitrogen functional groups attached to an aromatic ring is 1. The zero-order valence-electron chi connectivity index (χ0n) is 9.64. The van der Waals surface area contributed by atoms with Crippen LogP contribution in [0.2, 0.25) is 0 Å². The first kappa shape index (κ1) is 13.3. The van der Waals surface area contributed by atoms with E-state index in [1.54, 1.807) is 0 Å². The number of hydrogen-bond donors (Lipinski definition) is 2. The lowest BCUT2D eigenvalue weighted by atomic mass is 10.0. The summed E-state index contributed by atoms with van der Waals surface area (Å²) in [7, 11) is 0. The molecule has 0 aromatic carbocycles. The third kappa shape index (κ3) is 2.23. The van der Waals surface area contributed by atoms with Crippen LogP contribution in [-0.2, 0) is 4.74 Å². The molecule has 0 saturated carbocycles. The van der Waals surface area contributed by atoms with Crippen LogP contribution in [0.1, 0.15) is 19.6 Å². The van der Waals surface area contributed by atoms with Crippen molar-refractivity contribution < 1.29 is 18.6 Å². The van der Waals surface area contributed by atoms with Gasteiger partial charge < -0.3 is 15.6 Å². The minimum atomic E-state index is -1.77. The fourth-order valence-corrected chi connectivity index (χ4v) is 2.25. The first-order valence-electron chi connectivity index (χ1n) is 5.34. The lowest BCUT2D eigenvalue weighted by Gasteiger charge is -2.23. The Bertz CT molecular complexity index is 520. The zero-order valence-corrected chi connectivity index (χ0v) is 10.5. The van der Waals surface area contributed by atoms with E-state index in [1.807, 2.05) is 0 Å². The Morgan fingerprint density at radius 3 is 3.00 bits per heavy atom. The van der Waals surface area contributed by atoms with Gasteiger partial charge in [0.1, 0.15) is 0 Å². The smallest absolute Gasteiger partial charge is 0.203 e. The molecule has 100 valence electrons. The lowest BCUT2D eigenvalue weighted by Crippen LogP contribution is -2.28. The predicted molar refractivity (Wildman–Crippen MR) is 62.6 cm³/mol. The van der Waals surface area contributed by atoms with Crippen LogP contribution in [0.5, 0.6) is 0 Å². The third-order valence-electron chi connectivity index (χ3n) is 2.85. The normalized spacial score (nSPS) is 31.8. The van der Waals surface area contributed by atoms with Crippen LogP contribution >= 0.6 is 12.2 Å². The van der Waals surface area contributed by atoms with Crippen molar-refractivity contribution in [2.24, 2.45) is 0 Å². The fraction of sp³-hybridized carbons (Fsp3) is 0.600. The van der Waals surface area contributed by atoms with Crippen LogP contribution in [0.4, 0.5) is 14.6 Å². The van der Waals surface area contributed by atoms with Crippen LogP contribution in [0.3, 0.4) is 0 Å². The summed E-state index contributed by atoms with van der Waals surface area (Å²) in [6, 6.07) is 0. The molecular weight excluding hydrogens is 264 g/mol. The molecule has 3 atom stereocenters. The standard InChI is InChI=1S/C10H13F2N3O2S/c1-10(12)2-5(4-16)17-8(10)15-3-6(11)7(13)14-9(15)18/h3,5,8,16H,2,4H2,1H3,(H2,13,14,18)/t5-,8+,10?/m0/s1. The third-order valence-corrected chi connectivity index (χ3v) is 3.16. The first-order valence-corrected chi connectivity index (χ1v) is 5.75. The largest absolute Gasteiger partial charge is 0.394 e. The van der Waals surface area contributed by atoms with E-state index in [0.717, 1.165) is 10.8 Å². The van der Waals surface area contributed by atoms with Gasteiger partial charge in [-0.2, -0.15) is 4.98 Å². The number of anilines is 1. The summed E-state index contributed by atoms with van der Waals surface area (Å²) in [5, 5.41) is 8.99. The van der Waals surface area contributed by atoms with Gasteiger partial charge in [0, 0.05) is 12.6 Å². The maximum atomic E-state index is 14.3. The van der Waals surface area contributed by atoms with Crippen molar-refractivity contribution in [2.45, 2.75) is 31.3 Å². The molecule has 2 heterocycles. The van der Waals surface area contributed by atoms with Crippen molar-refractivity contribution in [1.82, 2.24) is 9.55 Å². The second kappa shape index (κ2) is 4.52. The highest BCUT2D eigenvalue weighted by molar-refractivity contribution is 7.71. The Hall–Kier alpha value is -1.12. The molecule has 0 amide bonds. The molecule has 18 heavy (non-hydrogen) atoms. The molecular formula is C10H13F2N3O2S. The Morgan fingerprint density at radius 2 is 2.44 bits per heavy atom. The number of aliphatic hydroxyl groups excluding tert-OH is 1. The summed E-state index contributed by atoms with van der Waals surface area (Å²) < 4.78 is 34.0. The molecule has 5 nitrogen and oxygen atoms in total. The maximum Gasteiger partial charge on any atom is 0.203 e. The van der Waals surface area contributed by atoms with Crippen molar-refractivity contribution in [2.75, 3.05) is 12.3 Å². The molecule has 1 aliphatic rings. The van der Waals surface area contributed by atoms with E-state index >= 15 is 0 Å². The number of halogens is 2. The predicted octanol–water partition coefficient (Wildman–Crippen LogP) is 1.34. The average molecular weight is 277 g/mol. The van der Waals surface area contributed by atoms with E-state index in [-0.39, 0.29) is 23.6 Å². The van der Waals surface area contributed by atoms with Gasteiger partial charge in [-0.3, -0.25) is 4.57 Å². The number of rotatable bonds is 2. The second-order valence-corrected chi connectivity index (χ2v) is 4.80. The minimum Gasteiger partial charge on any atom is -0.394 e. The van der Waals surface area contributed by atoms with Crippen LogP contribution in [0, 0.1) is 10.6 Å². The average Bonchev–Trinajstić information content (AvgIpc) is 2.59. The van der Waals surface area contributed by atoms with Gasteiger partial charge in [-0.05, 0) is 19.1 Å². The number of alkyl halides is 1. The van der Waals surface area contributed by atoms with Gasteiger partial charge >= 0.3 is 0 Å². The maximum absolute atomic E-state index is 14.3. The molecule has 3 N–H and O–H groups in total. The van der Waals surface area contributed by atoms with E-state index in [0.29, 0.717) is 0 Å². The van der Waals surface area contributed by atoms with E-state index < -0.39 is 23.8 Å². The Morgan fingerprint density at radius 1 is 1.78 bits per heavy atom. The van der Waals surface area contributed by atoms with Crippen LogP contribution in [-0.4, -0.2) is 33.0 Å².